The van der Waals surface area contributed by atoms with E-state index in [1.54, 1.807) is 0 Å². The van der Waals surface area contributed by atoms with Gasteiger partial charge in [-0.25, -0.2) is 4.98 Å². The van der Waals surface area contributed by atoms with Crippen molar-refractivity contribution in [2.45, 2.75) is 6.42 Å². The molecule has 1 aromatic carbocycles. The number of carbonyl (C=O) groups is 1. The highest BCUT2D eigenvalue weighted by Gasteiger charge is 2.08. The average Bonchev–Trinajstić information content (AvgIpc) is 2.85. The van der Waals surface area contributed by atoms with Crippen LogP contribution in [0.15, 0.2) is 54.9 Å². The Kier molecular flexibility index (Phi) is 2.65. The molecule has 3 nitrogen and oxygen atoms in total. The fraction of sp³-hybridized carbons (Fsp3) is 0.0667. The molecule has 0 saturated carbocycles. The Balaban J connectivity index is 2.21. The van der Waals surface area contributed by atoms with E-state index in [0.717, 1.165) is 28.8 Å². The van der Waals surface area contributed by atoms with Crippen LogP contribution in [0.3, 0.4) is 0 Å². The lowest BCUT2D eigenvalue weighted by molar-refractivity contribution is -0.107. The van der Waals surface area contributed by atoms with Crippen molar-refractivity contribution in [1.29, 1.82) is 0 Å². The zero-order valence-electron chi connectivity index (χ0n) is 9.78. The smallest absolute Gasteiger partial charge is 0.144 e. The van der Waals surface area contributed by atoms with Crippen molar-refractivity contribution in [3.05, 3.63) is 60.4 Å². The molecule has 0 saturated heterocycles. The van der Waals surface area contributed by atoms with E-state index in [9.17, 15) is 4.79 Å². The second-order valence-corrected chi connectivity index (χ2v) is 4.11. The number of aldehydes is 1. The molecule has 0 bridgehead atoms. The van der Waals surface area contributed by atoms with Gasteiger partial charge in [0.15, 0.2) is 0 Å². The standard InChI is InChI=1S/C15H12N2O/c18-10-8-12-7-4-9-17-14(12)11-16-15(17)13-5-2-1-3-6-13/h1-7,9-11H,8H2. The number of pyridine rings is 1. The van der Waals surface area contributed by atoms with E-state index < -0.39 is 0 Å². The molecular formula is C15H12N2O. The molecule has 0 aliphatic heterocycles. The molecule has 0 atom stereocenters. The summed E-state index contributed by atoms with van der Waals surface area (Å²) in [5.41, 5.74) is 3.06. The summed E-state index contributed by atoms with van der Waals surface area (Å²) in [4.78, 5) is 15.1. The number of nitrogens with zero attached hydrogens (tertiary/aromatic N) is 2. The second-order valence-electron chi connectivity index (χ2n) is 4.11. The highest BCUT2D eigenvalue weighted by Crippen LogP contribution is 2.21. The summed E-state index contributed by atoms with van der Waals surface area (Å²) in [6, 6.07) is 13.9. The van der Waals surface area contributed by atoms with Crippen LogP contribution < -0.4 is 0 Å². The van der Waals surface area contributed by atoms with Crippen molar-refractivity contribution < 1.29 is 4.79 Å². The minimum absolute atomic E-state index is 0.421. The molecule has 0 amide bonds. The molecule has 0 fully saturated rings. The Hall–Kier alpha value is -2.42. The molecule has 2 aromatic heterocycles. The van der Waals surface area contributed by atoms with Crippen LogP contribution in [0.1, 0.15) is 5.56 Å². The van der Waals surface area contributed by atoms with Crippen LogP contribution in [0.2, 0.25) is 0 Å². The van der Waals surface area contributed by atoms with Crippen LogP contribution in [0.5, 0.6) is 0 Å². The van der Waals surface area contributed by atoms with Crippen molar-refractivity contribution >= 4 is 11.8 Å². The van der Waals surface area contributed by atoms with Crippen LogP contribution in [0, 0.1) is 0 Å². The summed E-state index contributed by atoms with van der Waals surface area (Å²) in [7, 11) is 0. The number of hydrogen-bond donors (Lipinski definition) is 0. The SMILES string of the molecule is O=CCc1cccn2c(-c3ccccc3)ncc12. The summed E-state index contributed by atoms with van der Waals surface area (Å²) in [6.45, 7) is 0. The molecule has 0 radical (unpaired) electrons. The number of fused-ring (bicyclic) bond motifs is 1. The van der Waals surface area contributed by atoms with Crippen LogP contribution >= 0.6 is 0 Å². The van der Waals surface area contributed by atoms with E-state index in [0.29, 0.717) is 6.42 Å². The van der Waals surface area contributed by atoms with Gasteiger partial charge in [0.1, 0.15) is 12.1 Å². The third-order valence-electron chi connectivity index (χ3n) is 2.99. The first kappa shape index (κ1) is 10.7. The summed E-state index contributed by atoms with van der Waals surface area (Å²) < 4.78 is 2.02. The Morgan fingerprint density at radius 2 is 1.94 bits per heavy atom. The van der Waals surface area contributed by atoms with E-state index in [2.05, 4.69) is 4.98 Å². The maximum absolute atomic E-state index is 10.7. The third kappa shape index (κ3) is 1.70. The van der Waals surface area contributed by atoms with Gasteiger partial charge in [0.05, 0.1) is 11.7 Å². The van der Waals surface area contributed by atoms with Gasteiger partial charge in [0.2, 0.25) is 0 Å². The summed E-state index contributed by atoms with van der Waals surface area (Å²) in [6.07, 6.45) is 5.13. The predicted molar refractivity (Wildman–Crippen MR) is 70.4 cm³/mol. The normalized spacial score (nSPS) is 10.7. The van der Waals surface area contributed by atoms with Crippen LogP contribution in [-0.2, 0) is 11.2 Å². The molecule has 0 aliphatic carbocycles. The minimum atomic E-state index is 0.421. The second kappa shape index (κ2) is 4.45. The molecule has 88 valence electrons. The van der Waals surface area contributed by atoms with Crippen molar-refractivity contribution in [2.75, 3.05) is 0 Å². The first-order valence-electron chi connectivity index (χ1n) is 5.84. The third-order valence-corrected chi connectivity index (χ3v) is 2.99. The van der Waals surface area contributed by atoms with E-state index in [1.807, 2.05) is 59.3 Å². The summed E-state index contributed by atoms with van der Waals surface area (Å²) in [5.74, 6) is 0.901. The maximum Gasteiger partial charge on any atom is 0.144 e. The Morgan fingerprint density at radius 3 is 2.72 bits per heavy atom. The zero-order valence-corrected chi connectivity index (χ0v) is 9.78. The number of imidazole rings is 1. The first-order valence-corrected chi connectivity index (χ1v) is 5.84. The highest BCUT2D eigenvalue weighted by molar-refractivity contribution is 5.68. The fourth-order valence-electron chi connectivity index (χ4n) is 2.14. The number of hydrogen-bond acceptors (Lipinski definition) is 2. The van der Waals surface area contributed by atoms with E-state index >= 15 is 0 Å². The minimum Gasteiger partial charge on any atom is -0.303 e. The largest absolute Gasteiger partial charge is 0.303 e. The van der Waals surface area contributed by atoms with Crippen molar-refractivity contribution in [2.24, 2.45) is 0 Å². The lowest BCUT2D eigenvalue weighted by Gasteiger charge is -2.03. The van der Waals surface area contributed by atoms with E-state index in [-0.39, 0.29) is 0 Å². The average molecular weight is 236 g/mol. The quantitative estimate of drug-likeness (QED) is 0.655. The Bertz CT molecular complexity index is 686. The molecule has 0 N–H and O–H groups in total. The Morgan fingerprint density at radius 1 is 1.11 bits per heavy atom. The molecule has 3 heteroatoms. The van der Waals surface area contributed by atoms with Gasteiger partial charge < -0.3 is 4.79 Å². The van der Waals surface area contributed by atoms with Gasteiger partial charge in [-0.05, 0) is 11.6 Å². The summed E-state index contributed by atoms with van der Waals surface area (Å²) in [5, 5.41) is 0. The zero-order chi connectivity index (χ0) is 12.4. The first-order chi connectivity index (χ1) is 8.90. The molecule has 0 aliphatic rings. The lowest BCUT2D eigenvalue weighted by atomic mass is 10.2. The fourth-order valence-corrected chi connectivity index (χ4v) is 2.14. The molecule has 2 heterocycles. The lowest BCUT2D eigenvalue weighted by Crippen LogP contribution is -1.93. The van der Waals surface area contributed by atoms with Crippen LogP contribution in [0.4, 0.5) is 0 Å². The maximum atomic E-state index is 10.7. The van der Waals surface area contributed by atoms with Gasteiger partial charge >= 0.3 is 0 Å². The molecule has 18 heavy (non-hydrogen) atoms. The monoisotopic (exact) mass is 236 g/mol. The summed E-state index contributed by atoms with van der Waals surface area (Å²) >= 11 is 0. The van der Waals surface area contributed by atoms with Gasteiger partial charge in [-0.1, -0.05) is 36.4 Å². The van der Waals surface area contributed by atoms with Gasteiger partial charge in [-0.2, -0.15) is 0 Å². The number of carbonyl (C=O) groups excluding carboxylic acids is 1. The molecular weight excluding hydrogens is 224 g/mol. The van der Waals surface area contributed by atoms with Gasteiger partial charge in [-0.15, -0.1) is 0 Å². The van der Waals surface area contributed by atoms with Crippen LogP contribution in [-0.4, -0.2) is 15.7 Å². The molecule has 3 aromatic rings. The molecule has 0 unspecified atom stereocenters. The predicted octanol–water partition coefficient (Wildman–Crippen LogP) is 2.74. The molecule has 0 spiro atoms. The number of aromatic nitrogens is 2. The topological polar surface area (TPSA) is 34.4 Å². The van der Waals surface area contributed by atoms with Gasteiger partial charge in [0, 0.05) is 18.2 Å². The van der Waals surface area contributed by atoms with Gasteiger partial charge in [0.25, 0.3) is 0 Å². The van der Waals surface area contributed by atoms with E-state index in [4.69, 9.17) is 0 Å². The van der Waals surface area contributed by atoms with Crippen molar-refractivity contribution in [1.82, 2.24) is 9.38 Å². The van der Waals surface area contributed by atoms with Gasteiger partial charge in [-0.3, -0.25) is 4.40 Å². The van der Waals surface area contributed by atoms with E-state index in [1.165, 1.54) is 0 Å². The Labute approximate surface area is 105 Å². The highest BCUT2D eigenvalue weighted by atomic mass is 16.1. The van der Waals surface area contributed by atoms with Crippen LogP contribution in [0.25, 0.3) is 16.9 Å². The van der Waals surface area contributed by atoms with Crippen molar-refractivity contribution in [3.63, 3.8) is 0 Å². The van der Waals surface area contributed by atoms with Crippen molar-refractivity contribution in [3.8, 4) is 11.4 Å². The molecule has 3 rings (SSSR count). The number of benzene rings is 1. The number of rotatable bonds is 3.